The molecule has 1 atom stereocenters. The van der Waals surface area contributed by atoms with Crippen LogP contribution in [0.5, 0.6) is 5.75 Å². The van der Waals surface area contributed by atoms with Crippen LogP contribution in [0.4, 0.5) is 0 Å². The molecule has 8 heteroatoms. The molecule has 0 fully saturated rings. The van der Waals surface area contributed by atoms with Gasteiger partial charge in [-0.25, -0.2) is 13.2 Å². The predicted molar refractivity (Wildman–Crippen MR) is 109 cm³/mol. The monoisotopic (exact) mass is 419 g/mol. The average molecular weight is 419 g/mol. The lowest BCUT2D eigenvalue weighted by Gasteiger charge is -2.18. The maximum absolute atomic E-state index is 12.5. The van der Waals surface area contributed by atoms with E-state index >= 15 is 0 Å². The molecule has 0 aliphatic heterocycles. The van der Waals surface area contributed by atoms with Gasteiger partial charge in [-0.05, 0) is 55.5 Å². The Hall–Kier alpha value is -2.71. The van der Waals surface area contributed by atoms with E-state index in [-0.39, 0.29) is 16.2 Å². The summed E-state index contributed by atoms with van der Waals surface area (Å²) in [5, 5.41) is 0. The van der Waals surface area contributed by atoms with Gasteiger partial charge in [-0.15, -0.1) is 0 Å². The van der Waals surface area contributed by atoms with Crippen molar-refractivity contribution in [2.24, 2.45) is 0 Å². The Balaban J connectivity index is 2.09. The second-order valence-electron chi connectivity index (χ2n) is 6.25. The lowest BCUT2D eigenvalue weighted by Crippen LogP contribution is -2.30. The molecule has 0 bridgehead atoms. The van der Waals surface area contributed by atoms with Gasteiger partial charge in [0.15, 0.2) is 6.10 Å². The zero-order valence-corrected chi connectivity index (χ0v) is 17.7. The number of benzene rings is 2. The molecule has 0 radical (unpaired) electrons. The van der Waals surface area contributed by atoms with Crippen LogP contribution < -0.4 is 4.74 Å². The number of nitrogens with zero attached hydrogens (tertiary/aromatic N) is 1. The lowest BCUT2D eigenvalue weighted by atomic mass is 10.1. The molecule has 2 aromatic rings. The van der Waals surface area contributed by atoms with Crippen LogP contribution in [-0.2, 0) is 14.8 Å². The van der Waals surface area contributed by atoms with E-state index in [1.165, 1.54) is 42.6 Å². The van der Waals surface area contributed by atoms with Gasteiger partial charge in [0.25, 0.3) is 0 Å². The predicted octanol–water partition coefficient (Wildman–Crippen LogP) is 3.15. The Kier molecular flexibility index (Phi) is 7.53. The van der Waals surface area contributed by atoms with Crippen LogP contribution >= 0.6 is 0 Å². The van der Waals surface area contributed by atoms with Crippen LogP contribution in [-0.4, -0.2) is 50.8 Å². The zero-order valence-electron chi connectivity index (χ0n) is 16.9. The Morgan fingerprint density at radius 2 is 1.45 bits per heavy atom. The van der Waals surface area contributed by atoms with E-state index < -0.39 is 22.1 Å². The molecule has 2 rings (SSSR count). The maximum atomic E-state index is 12.5. The van der Waals surface area contributed by atoms with Gasteiger partial charge in [-0.2, -0.15) is 4.31 Å². The molecule has 0 saturated heterocycles. The number of esters is 1. The fraction of sp³-hybridized carbons (Fsp3) is 0.333. The van der Waals surface area contributed by atoms with Crippen molar-refractivity contribution in [3.63, 3.8) is 0 Å². The van der Waals surface area contributed by atoms with Gasteiger partial charge in [0, 0.05) is 18.7 Å². The summed E-state index contributed by atoms with van der Waals surface area (Å²) < 4.78 is 36.6. The molecule has 0 spiro atoms. The fourth-order valence-electron chi connectivity index (χ4n) is 2.75. The van der Waals surface area contributed by atoms with Gasteiger partial charge in [0.05, 0.1) is 17.6 Å². The molecule has 156 valence electrons. The molecule has 0 N–H and O–H groups in total. The summed E-state index contributed by atoms with van der Waals surface area (Å²) in [5.41, 5.74) is 0.560. The fourth-order valence-corrected chi connectivity index (χ4v) is 4.21. The van der Waals surface area contributed by atoms with Crippen molar-refractivity contribution in [1.29, 1.82) is 0 Å². The van der Waals surface area contributed by atoms with Crippen LogP contribution in [0, 0.1) is 0 Å². The number of methoxy groups -OCH3 is 1. The Bertz CT molecular complexity index is 948. The molecule has 0 saturated carbocycles. The standard InChI is InChI=1S/C21H25NO6S/c1-5-22(6-2)29(25,26)19-13-9-17(10-14-19)21(24)28-15(3)20(23)16-7-11-18(27-4)12-8-16/h7-15H,5-6H2,1-4H3/t15-/m0/s1. The molecule has 0 aromatic heterocycles. The molecule has 0 aliphatic carbocycles. The quantitative estimate of drug-likeness (QED) is 0.458. The van der Waals surface area contributed by atoms with Crippen molar-refractivity contribution in [1.82, 2.24) is 4.31 Å². The van der Waals surface area contributed by atoms with E-state index in [2.05, 4.69) is 0 Å². The van der Waals surface area contributed by atoms with Crippen molar-refractivity contribution >= 4 is 21.8 Å². The first kappa shape index (κ1) is 22.6. The van der Waals surface area contributed by atoms with Crippen molar-refractivity contribution in [2.45, 2.75) is 31.8 Å². The normalized spacial score (nSPS) is 12.4. The SMILES string of the molecule is CCN(CC)S(=O)(=O)c1ccc(C(=O)O[C@@H](C)C(=O)c2ccc(OC)cc2)cc1. The molecule has 2 aromatic carbocycles. The van der Waals surface area contributed by atoms with E-state index in [1.54, 1.807) is 38.1 Å². The number of ether oxygens (including phenoxy) is 2. The van der Waals surface area contributed by atoms with Crippen LogP contribution in [0.2, 0.25) is 0 Å². The molecule has 0 unspecified atom stereocenters. The number of sulfonamides is 1. The lowest BCUT2D eigenvalue weighted by molar-refractivity contribution is 0.0318. The number of ketones is 1. The molecule has 7 nitrogen and oxygen atoms in total. The summed E-state index contributed by atoms with van der Waals surface area (Å²) >= 11 is 0. The number of rotatable bonds is 9. The zero-order chi connectivity index (χ0) is 21.6. The van der Waals surface area contributed by atoms with Gasteiger partial charge in [0.1, 0.15) is 5.75 Å². The summed E-state index contributed by atoms with van der Waals surface area (Å²) in [5.74, 6) is -0.432. The molecular weight excluding hydrogens is 394 g/mol. The molecule has 29 heavy (non-hydrogen) atoms. The van der Waals surface area contributed by atoms with Crippen molar-refractivity contribution in [3.8, 4) is 5.75 Å². The van der Waals surface area contributed by atoms with Crippen molar-refractivity contribution < 1.29 is 27.5 Å². The van der Waals surface area contributed by atoms with Crippen LogP contribution in [0.15, 0.2) is 53.4 Å². The van der Waals surface area contributed by atoms with Gasteiger partial charge in [-0.1, -0.05) is 13.8 Å². The highest BCUT2D eigenvalue weighted by Crippen LogP contribution is 2.18. The topological polar surface area (TPSA) is 90.0 Å². The average Bonchev–Trinajstić information content (AvgIpc) is 2.74. The first-order valence-electron chi connectivity index (χ1n) is 9.24. The Morgan fingerprint density at radius 3 is 1.93 bits per heavy atom. The third-order valence-corrected chi connectivity index (χ3v) is 6.52. The van der Waals surface area contributed by atoms with Crippen molar-refractivity contribution in [2.75, 3.05) is 20.2 Å². The highest BCUT2D eigenvalue weighted by atomic mass is 32.2. The Labute approximate surface area is 171 Å². The van der Waals surface area contributed by atoms with Gasteiger partial charge in [0.2, 0.25) is 15.8 Å². The molecular formula is C21H25NO6S. The third-order valence-electron chi connectivity index (χ3n) is 4.46. The second-order valence-corrected chi connectivity index (χ2v) is 8.19. The first-order chi connectivity index (χ1) is 13.7. The second kappa shape index (κ2) is 9.67. The highest BCUT2D eigenvalue weighted by Gasteiger charge is 2.23. The largest absolute Gasteiger partial charge is 0.497 e. The van der Waals surface area contributed by atoms with Crippen LogP contribution in [0.1, 0.15) is 41.5 Å². The number of carbonyl (C=O) groups is 2. The third kappa shape index (κ3) is 5.21. The summed E-state index contributed by atoms with van der Waals surface area (Å²) in [6.45, 7) is 5.72. The minimum absolute atomic E-state index is 0.0973. The minimum atomic E-state index is -3.61. The highest BCUT2D eigenvalue weighted by molar-refractivity contribution is 7.89. The number of hydrogen-bond acceptors (Lipinski definition) is 6. The molecule has 0 amide bonds. The number of hydrogen-bond donors (Lipinski definition) is 0. The van der Waals surface area contributed by atoms with E-state index in [0.29, 0.717) is 24.4 Å². The maximum Gasteiger partial charge on any atom is 0.338 e. The smallest absolute Gasteiger partial charge is 0.338 e. The van der Waals surface area contributed by atoms with Crippen molar-refractivity contribution in [3.05, 3.63) is 59.7 Å². The summed E-state index contributed by atoms with van der Waals surface area (Å²) in [6.07, 6.45) is -0.991. The molecule has 0 aliphatic rings. The summed E-state index contributed by atoms with van der Waals surface area (Å²) in [4.78, 5) is 24.9. The summed E-state index contributed by atoms with van der Waals surface area (Å²) in [6, 6.07) is 12.0. The number of Topliss-reactive ketones (excluding diaryl/α,β-unsaturated/α-hetero) is 1. The van der Waals surface area contributed by atoms with Gasteiger partial charge in [-0.3, -0.25) is 4.79 Å². The number of carbonyl (C=O) groups excluding carboxylic acids is 2. The minimum Gasteiger partial charge on any atom is -0.497 e. The van der Waals surface area contributed by atoms with Gasteiger partial charge >= 0.3 is 5.97 Å². The van der Waals surface area contributed by atoms with Crippen LogP contribution in [0.3, 0.4) is 0 Å². The molecule has 0 heterocycles. The summed E-state index contributed by atoms with van der Waals surface area (Å²) in [7, 11) is -2.08. The van der Waals surface area contributed by atoms with Crippen LogP contribution in [0.25, 0.3) is 0 Å². The van der Waals surface area contributed by atoms with E-state index in [0.717, 1.165) is 0 Å². The Morgan fingerprint density at radius 1 is 0.931 bits per heavy atom. The van der Waals surface area contributed by atoms with E-state index in [1.807, 2.05) is 0 Å². The van der Waals surface area contributed by atoms with Gasteiger partial charge < -0.3 is 9.47 Å². The first-order valence-corrected chi connectivity index (χ1v) is 10.7. The van der Waals surface area contributed by atoms with E-state index in [9.17, 15) is 18.0 Å². The van der Waals surface area contributed by atoms with E-state index in [4.69, 9.17) is 9.47 Å².